The molecule has 0 spiro atoms. The molecule has 1 aliphatic rings. The summed E-state index contributed by atoms with van der Waals surface area (Å²) in [5.74, 6) is -0.184. The maximum absolute atomic E-state index is 12.9. The first-order valence-electron chi connectivity index (χ1n) is 4.96. The van der Waals surface area contributed by atoms with Crippen LogP contribution in [-0.4, -0.2) is 6.54 Å². The van der Waals surface area contributed by atoms with Gasteiger partial charge >= 0.3 is 0 Å². The number of halogens is 2. The van der Waals surface area contributed by atoms with Gasteiger partial charge in [-0.3, -0.25) is 0 Å². The minimum atomic E-state index is -0.184. The average molecular weight is 258 g/mol. The zero-order valence-electron chi connectivity index (χ0n) is 7.89. The van der Waals surface area contributed by atoms with Crippen LogP contribution >= 0.6 is 15.9 Å². The van der Waals surface area contributed by atoms with Crippen LogP contribution in [-0.2, 0) is 0 Å². The molecule has 0 bridgehead atoms. The molecule has 3 heteroatoms. The summed E-state index contributed by atoms with van der Waals surface area (Å²) in [7, 11) is 0. The quantitative estimate of drug-likeness (QED) is 0.814. The number of hydrogen-bond acceptors (Lipinski definition) is 1. The van der Waals surface area contributed by atoms with Gasteiger partial charge in [-0.1, -0.05) is 28.4 Å². The van der Waals surface area contributed by atoms with Crippen molar-refractivity contribution in [2.45, 2.75) is 25.3 Å². The van der Waals surface area contributed by atoms with Crippen LogP contribution in [0.3, 0.4) is 0 Å². The van der Waals surface area contributed by atoms with Crippen LogP contribution in [0.2, 0.25) is 0 Å². The van der Waals surface area contributed by atoms with Crippen molar-refractivity contribution in [3.05, 3.63) is 34.1 Å². The number of hydrogen-bond donors (Lipinski definition) is 1. The topological polar surface area (TPSA) is 12.0 Å². The first-order chi connectivity index (χ1) is 6.77. The van der Waals surface area contributed by atoms with Crippen molar-refractivity contribution >= 4 is 15.9 Å². The van der Waals surface area contributed by atoms with E-state index in [1.54, 1.807) is 0 Å². The summed E-state index contributed by atoms with van der Waals surface area (Å²) >= 11 is 3.40. The highest BCUT2D eigenvalue weighted by Crippen LogP contribution is 2.29. The van der Waals surface area contributed by atoms with Crippen LogP contribution in [0, 0.1) is 5.82 Å². The summed E-state index contributed by atoms with van der Waals surface area (Å²) in [6, 6.07) is 5.31. The highest BCUT2D eigenvalue weighted by Gasteiger charge is 2.16. The van der Waals surface area contributed by atoms with Crippen LogP contribution in [0.25, 0.3) is 0 Å². The van der Waals surface area contributed by atoms with Crippen LogP contribution in [0.4, 0.5) is 4.39 Å². The lowest BCUT2D eigenvalue weighted by atomic mass is 9.98. The molecule has 0 unspecified atom stereocenters. The van der Waals surface area contributed by atoms with E-state index in [-0.39, 0.29) is 5.82 Å². The van der Waals surface area contributed by atoms with Crippen LogP contribution in [0.5, 0.6) is 0 Å². The fourth-order valence-electron chi connectivity index (χ4n) is 1.90. The first-order valence-corrected chi connectivity index (χ1v) is 5.75. The van der Waals surface area contributed by atoms with E-state index in [4.69, 9.17) is 0 Å². The Labute approximate surface area is 91.8 Å². The summed E-state index contributed by atoms with van der Waals surface area (Å²) in [5.41, 5.74) is 1.17. The molecule has 1 aromatic carbocycles. The van der Waals surface area contributed by atoms with E-state index in [2.05, 4.69) is 21.2 Å². The Morgan fingerprint density at radius 1 is 1.36 bits per heavy atom. The largest absolute Gasteiger partial charge is 0.310 e. The van der Waals surface area contributed by atoms with E-state index in [9.17, 15) is 4.39 Å². The number of nitrogens with one attached hydrogen (secondary N) is 1. The Bertz CT molecular complexity index is 321. The molecule has 0 radical (unpaired) electrons. The van der Waals surface area contributed by atoms with Gasteiger partial charge in [0.15, 0.2) is 0 Å². The van der Waals surface area contributed by atoms with Gasteiger partial charge in [0.2, 0.25) is 0 Å². The second-order valence-electron chi connectivity index (χ2n) is 3.67. The van der Waals surface area contributed by atoms with Gasteiger partial charge in [-0.25, -0.2) is 4.39 Å². The standard InChI is InChI=1S/C11H13BrFN/c12-10-7-8(13)4-5-9(10)11-3-1-2-6-14-11/h4-5,7,11,14H,1-3,6H2/t11-/m1/s1. The number of benzene rings is 1. The van der Waals surface area contributed by atoms with Crippen LogP contribution < -0.4 is 5.32 Å². The van der Waals surface area contributed by atoms with Gasteiger partial charge in [-0.15, -0.1) is 0 Å². The van der Waals surface area contributed by atoms with Crippen molar-refractivity contribution in [3.8, 4) is 0 Å². The monoisotopic (exact) mass is 257 g/mol. The Hall–Kier alpha value is -0.410. The predicted molar refractivity (Wildman–Crippen MR) is 58.7 cm³/mol. The minimum absolute atomic E-state index is 0.184. The molecule has 1 atom stereocenters. The van der Waals surface area contributed by atoms with E-state index < -0.39 is 0 Å². The normalized spacial score (nSPS) is 22.3. The van der Waals surface area contributed by atoms with Crippen molar-refractivity contribution in [3.63, 3.8) is 0 Å². The third kappa shape index (κ3) is 2.15. The van der Waals surface area contributed by atoms with Gasteiger partial charge < -0.3 is 5.32 Å². The average Bonchev–Trinajstić information content (AvgIpc) is 2.19. The van der Waals surface area contributed by atoms with E-state index in [0.29, 0.717) is 6.04 Å². The van der Waals surface area contributed by atoms with Gasteiger partial charge in [-0.05, 0) is 37.1 Å². The molecule has 1 fully saturated rings. The Morgan fingerprint density at radius 3 is 2.86 bits per heavy atom. The van der Waals surface area contributed by atoms with Crippen LogP contribution in [0.1, 0.15) is 30.9 Å². The van der Waals surface area contributed by atoms with Gasteiger partial charge in [0.05, 0.1) is 0 Å². The zero-order valence-corrected chi connectivity index (χ0v) is 9.48. The number of rotatable bonds is 1. The summed E-state index contributed by atoms with van der Waals surface area (Å²) in [6.45, 7) is 1.06. The maximum atomic E-state index is 12.9. The van der Waals surface area contributed by atoms with E-state index >= 15 is 0 Å². The molecule has 1 aliphatic heterocycles. The second-order valence-corrected chi connectivity index (χ2v) is 4.52. The molecule has 76 valence electrons. The van der Waals surface area contributed by atoms with E-state index in [1.807, 2.05) is 6.07 Å². The Kier molecular flexibility index (Phi) is 3.19. The lowest BCUT2D eigenvalue weighted by molar-refractivity contribution is 0.411. The third-order valence-corrected chi connectivity index (χ3v) is 3.33. The van der Waals surface area contributed by atoms with Gasteiger partial charge in [0.1, 0.15) is 5.82 Å². The van der Waals surface area contributed by atoms with Crippen molar-refractivity contribution in [2.24, 2.45) is 0 Å². The molecule has 1 aromatic rings. The lowest BCUT2D eigenvalue weighted by Gasteiger charge is -2.24. The summed E-state index contributed by atoms with van der Waals surface area (Å²) in [5, 5.41) is 3.44. The molecule has 14 heavy (non-hydrogen) atoms. The molecule has 1 nitrogen and oxygen atoms in total. The first kappa shape index (κ1) is 10.1. The predicted octanol–water partition coefficient (Wildman–Crippen LogP) is 3.40. The molecule has 0 aliphatic carbocycles. The van der Waals surface area contributed by atoms with E-state index in [1.165, 1.54) is 30.5 Å². The van der Waals surface area contributed by atoms with Crippen molar-refractivity contribution in [2.75, 3.05) is 6.54 Å². The fraction of sp³-hybridized carbons (Fsp3) is 0.455. The molecule has 0 aromatic heterocycles. The molecular weight excluding hydrogens is 245 g/mol. The van der Waals surface area contributed by atoms with Crippen molar-refractivity contribution < 1.29 is 4.39 Å². The van der Waals surface area contributed by atoms with Gasteiger partial charge in [0, 0.05) is 10.5 Å². The van der Waals surface area contributed by atoms with Gasteiger partial charge in [-0.2, -0.15) is 0 Å². The van der Waals surface area contributed by atoms with Crippen LogP contribution in [0.15, 0.2) is 22.7 Å². The Balaban J connectivity index is 2.22. The highest BCUT2D eigenvalue weighted by atomic mass is 79.9. The summed E-state index contributed by atoms with van der Waals surface area (Å²) < 4.78 is 13.7. The zero-order chi connectivity index (χ0) is 9.97. The van der Waals surface area contributed by atoms with Crippen molar-refractivity contribution in [1.29, 1.82) is 0 Å². The molecule has 0 saturated carbocycles. The smallest absolute Gasteiger partial charge is 0.124 e. The lowest BCUT2D eigenvalue weighted by Crippen LogP contribution is -2.27. The maximum Gasteiger partial charge on any atom is 0.124 e. The molecule has 0 amide bonds. The summed E-state index contributed by atoms with van der Waals surface area (Å²) in [4.78, 5) is 0. The van der Waals surface area contributed by atoms with Crippen molar-refractivity contribution in [1.82, 2.24) is 5.32 Å². The van der Waals surface area contributed by atoms with E-state index in [0.717, 1.165) is 17.4 Å². The molecule has 1 N–H and O–H groups in total. The molecule has 1 heterocycles. The molecular formula is C11H13BrFN. The SMILES string of the molecule is Fc1ccc([C@H]2CCCCN2)c(Br)c1. The number of piperidine rings is 1. The summed E-state index contributed by atoms with van der Waals surface area (Å²) in [6.07, 6.45) is 3.64. The second kappa shape index (κ2) is 4.41. The Morgan fingerprint density at radius 2 is 2.21 bits per heavy atom. The molecule has 1 saturated heterocycles. The fourth-order valence-corrected chi connectivity index (χ4v) is 2.53. The minimum Gasteiger partial charge on any atom is -0.310 e. The highest BCUT2D eigenvalue weighted by molar-refractivity contribution is 9.10. The third-order valence-electron chi connectivity index (χ3n) is 2.65. The molecule has 2 rings (SSSR count). The van der Waals surface area contributed by atoms with Gasteiger partial charge in [0.25, 0.3) is 0 Å².